The molecule has 158 valence electrons. The number of unbranched alkanes of at least 4 members (excludes halogenated alkanes) is 1. The first-order valence-electron chi connectivity index (χ1n) is 10.7. The molecule has 30 heavy (non-hydrogen) atoms. The Morgan fingerprint density at radius 3 is 2.47 bits per heavy atom. The zero-order valence-corrected chi connectivity index (χ0v) is 18.7. The highest BCUT2D eigenvalue weighted by Crippen LogP contribution is 2.38. The van der Waals surface area contributed by atoms with Gasteiger partial charge in [0.15, 0.2) is 6.10 Å². The number of ether oxygens (including phenoxy) is 1. The first-order valence-corrected chi connectivity index (χ1v) is 10.7. The molecule has 0 aliphatic heterocycles. The molecule has 3 nitrogen and oxygen atoms in total. The molecule has 3 aromatic rings. The summed E-state index contributed by atoms with van der Waals surface area (Å²) in [7, 11) is 0. The summed E-state index contributed by atoms with van der Waals surface area (Å²) in [5.74, 6) is -0.971. The number of aryl methyl sites for hydroxylation is 2. The molecule has 1 atom stereocenters. The number of carboxylic acids is 1. The Hall–Kier alpha value is -2.65. The maximum Gasteiger partial charge on any atom is 0.337 e. The zero-order chi connectivity index (χ0) is 21.9. The van der Waals surface area contributed by atoms with E-state index in [-0.39, 0.29) is 0 Å². The standard InChI is InChI=1S/C27H32O3/c1-6-7-10-20-17-21(14-13-18(20)2)23-16-15-19-11-8-9-12-22(19)24(23)25(26(28)29)30-27(3,4)5/h8-9,11-17,25H,6-7,10H2,1-5H3,(H,28,29). The SMILES string of the molecule is CCCCc1cc(-c2ccc3ccccc3c2C(OC(C)(C)C)C(=O)O)ccc1C. The lowest BCUT2D eigenvalue weighted by Crippen LogP contribution is -2.27. The fourth-order valence-corrected chi connectivity index (χ4v) is 3.89. The van der Waals surface area contributed by atoms with Crippen molar-refractivity contribution in [1.29, 1.82) is 0 Å². The van der Waals surface area contributed by atoms with Crippen molar-refractivity contribution in [2.24, 2.45) is 0 Å². The van der Waals surface area contributed by atoms with Gasteiger partial charge in [0.1, 0.15) is 0 Å². The van der Waals surface area contributed by atoms with E-state index in [0.29, 0.717) is 0 Å². The van der Waals surface area contributed by atoms with Gasteiger partial charge < -0.3 is 9.84 Å². The molecule has 0 fully saturated rings. The van der Waals surface area contributed by atoms with Crippen molar-refractivity contribution in [3.8, 4) is 11.1 Å². The molecule has 0 aliphatic carbocycles. The summed E-state index contributed by atoms with van der Waals surface area (Å²) in [4.78, 5) is 12.3. The summed E-state index contributed by atoms with van der Waals surface area (Å²) in [5, 5.41) is 12.0. The number of rotatable bonds is 7. The third kappa shape index (κ3) is 4.91. The molecule has 0 saturated carbocycles. The Morgan fingerprint density at radius 1 is 1.07 bits per heavy atom. The Balaban J connectivity index is 2.25. The predicted molar refractivity (Wildman–Crippen MR) is 124 cm³/mol. The van der Waals surface area contributed by atoms with Gasteiger partial charge in [-0.1, -0.05) is 67.9 Å². The van der Waals surface area contributed by atoms with Crippen LogP contribution in [0, 0.1) is 6.92 Å². The molecule has 0 bridgehead atoms. The van der Waals surface area contributed by atoms with Crippen LogP contribution in [0.4, 0.5) is 0 Å². The molecule has 3 heteroatoms. The number of aliphatic carboxylic acids is 1. The molecule has 3 rings (SSSR count). The molecule has 0 saturated heterocycles. The molecule has 0 radical (unpaired) electrons. The fraction of sp³-hybridized carbons (Fsp3) is 0.370. The van der Waals surface area contributed by atoms with Gasteiger partial charge in [-0.15, -0.1) is 0 Å². The van der Waals surface area contributed by atoms with Crippen molar-refractivity contribution >= 4 is 16.7 Å². The number of fused-ring (bicyclic) bond motifs is 1. The average molecular weight is 405 g/mol. The lowest BCUT2D eigenvalue weighted by atomic mass is 9.88. The number of hydrogen-bond acceptors (Lipinski definition) is 2. The molecular weight excluding hydrogens is 372 g/mol. The van der Waals surface area contributed by atoms with Gasteiger partial charge in [-0.3, -0.25) is 0 Å². The smallest absolute Gasteiger partial charge is 0.337 e. The van der Waals surface area contributed by atoms with E-state index in [1.165, 1.54) is 11.1 Å². The minimum Gasteiger partial charge on any atom is -0.479 e. The fourth-order valence-electron chi connectivity index (χ4n) is 3.89. The Morgan fingerprint density at radius 2 is 1.80 bits per heavy atom. The van der Waals surface area contributed by atoms with E-state index in [1.807, 2.05) is 51.1 Å². The molecule has 3 aromatic carbocycles. The summed E-state index contributed by atoms with van der Waals surface area (Å²) >= 11 is 0. The van der Waals surface area contributed by atoms with E-state index in [0.717, 1.165) is 46.7 Å². The van der Waals surface area contributed by atoms with Gasteiger partial charge in [0.05, 0.1) is 5.60 Å². The second-order valence-electron chi connectivity index (χ2n) is 8.94. The second kappa shape index (κ2) is 9.01. The van der Waals surface area contributed by atoms with E-state index in [2.05, 4.69) is 38.1 Å². The highest BCUT2D eigenvalue weighted by atomic mass is 16.5. The molecule has 1 N–H and O–H groups in total. The first kappa shape index (κ1) is 22.0. The quantitative estimate of drug-likeness (QED) is 0.457. The third-order valence-electron chi connectivity index (χ3n) is 5.39. The van der Waals surface area contributed by atoms with Crippen LogP contribution in [0.2, 0.25) is 0 Å². The van der Waals surface area contributed by atoms with Crippen LogP contribution >= 0.6 is 0 Å². The molecule has 0 aromatic heterocycles. The van der Waals surface area contributed by atoms with E-state index in [1.54, 1.807) is 0 Å². The van der Waals surface area contributed by atoms with Crippen LogP contribution in [0.5, 0.6) is 0 Å². The van der Waals surface area contributed by atoms with E-state index in [4.69, 9.17) is 4.74 Å². The van der Waals surface area contributed by atoms with Gasteiger partial charge >= 0.3 is 5.97 Å². The number of hydrogen-bond donors (Lipinski definition) is 1. The van der Waals surface area contributed by atoms with Crippen molar-refractivity contribution in [2.45, 2.75) is 65.6 Å². The highest BCUT2D eigenvalue weighted by molar-refractivity contribution is 5.96. The van der Waals surface area contributed by atoms with Crippen molar-refractivity contribution in [2.75, 3.05) is 0 Å². The first-order chi connectivity index (χ1) is 14.2. The lowest BCUT2D eigenvalue weighted by Gasteiger charge is -2.28. The van der Waals surface area contributed by atoms with Crippen LogP contribution in [-0.2, 0) is 16.0 Å². The normalized spacial score (nSPS) is 12.8. The van der Waals surface area contributed by atoms with Gasteiger partial charge in [0.2, 0.25) is 0 Å². The van der Waals surface area contributed by atoms with Gasteiger partial charge in [-0.25, -0.2) is 4.79 Å². The van der Waals surface area contributed by atoms with Crippen LogP contribution in [0.25, 0.3) is 21.9 Å². The number of benzene rings is 3. The third-order valence-corrected chi connectivity index (χ3v) is 5.39. The predicted octanol–water partition coefficient (Wildman–Crippen LogP) is 7.10. The van der Waals surface area contributed by atoms with Gasteiger partial charge in [-0.05, 0) is 73.6 Å². The molecule has 0 heterocycles. The number of carboxylic acid groups (broad SMARTS) is 1. The summed E-state index contributed by atoms with van der Waals surface area (Å²) in [5.41, 5.74) is 4.68. The van der Waals surface area contributed by atoms with E-state index in [9.17, 15) is 9.90 Å². The minimum absolute atomic E-state index is 0.586. The monoisotopic (exact) mass is 404 g/mol. The Bertz CT molecular complexity index is 1040. The van der Waals surface area contributed by atoms with Crippen LogP contribution in [-0.4, -0.2) is 16.7 Å². The summed E-state index contributed by atoms with van der Waals surface area (Å²) in [6.07, 6.45) is 2.26. The van der Waals surface area contributed by atoms with Gasteiger partial charge in [-0.2, -0.15) is 0 Å². The largest absolute Gasteiger partial charge is 0.479 e. The van der Waals surface area contributed by atoms with Crippen LogP contribution < -0.4 is 0 Å². The number of carbonyl (C=O) groups is 1. The maximum atomic E-state index is 12.3. The van der Waals surface area contributed by atoms with Crippen LogP contribution in [0.15, 0.2) is 54.6 Å². The maximum absolute atomic E-state index is 12.3. The summed E-state index contributed by atoms with van der Waals surface area (Å²) in [6.45, 7) is 10.0. The van der Waals surface area contributed by atoms with Crippen molar-refractivity contribution in [3.05, 3.63) is 71.3 Å². The minimum atomic E-state index is -1.05. The zero-order valence-electron chi connectivity index (χ0n) is 18.7. The lowest BCUT2D eigenvalue weighted by molar-refractivity contribution is -0.160. The van der Waals surface area contributed by atoms with Gasteiger partial charge in [0.25, 0.3) is 0 Å². The highest BCUT2D eigenvalue weighted by Gasteiger charge is 2.30. The molecule has 0 aliphatic rings. The summed E-state index contributed by atoms with van der Waals surface area (Å²) in [6, 6.07) is 18.5. The molecular formula is C27H32O3. The van der Waals surface area contributed by atoms with E-state index >= 15 is 0 Å². The Labute approximate surface area is 179 Å². The van der Waals surface area contributed by atoms with Crippen LogP contribution in [0.3, 0.4) is 0 Å². The molecule has 0 amide bonds. The van der Waals surface area contributed by atoms with E-state index < -0.39 is 17.7 Å². The second-order valence-corrected chi connectivity index (χ2v) is 8.94. The summed E-state index contributed by atoms with van der Waals surface area (Å²) < 4.78 is 6.07. The topological polar surface area (TPSA) is 46.5 Å². The van der Waals surface area contributed by atoms with Crippen molar-refractivity contribution in [3.63, 3.8) is 0 Å². The van der Waals surface area contributed by atoms with Crippen LogP contribution in [0.1, 0.15) is 63.3 Å². The van der Waals surface area contributed by atoms with Gasteiger partial charge in [0, 0.05) is 5.56 Å². The molecule has 1 unspecified atom stereocenters. The van der Waals surface area contributed by atoms with Crippen molar-refractivity contribution in [1.82, 2.24) is 0 Å². The molecule has 0 spiro atoms. The average Bonchev–Trinajstić information content (AvgIpc) is 2.70. The van der Waals surface area contributed by atoms with Crippen molar-refractivity contribution < 1.29 is 14.6 Å². The Kier molecular flexibility index (Phi) is 6.62.